The summed E-state index contributed by atoms with van der Waals surface area (Å²) in [5.74, 6) is 0. The summed E-state index contributed by atoms with van der Waals surface area (Å²) in [5.41, 5.74) is 7.09. The molecule has 1 aromatic rings. The molecule has 2 N–H and O–H groups in total. The van der Waals surface area contributed by atoms with Crippen molar-refractivity contribution >= 4 is 11.8 Å². The molecule has 15 heavy (non-hydrogen) atoms. The normalized spacial score (nSPS) is 14.9. The van der Waals surface area contributed by atoms with E-state index >= 15 is 0 Å². The van der Waals surface area contributed by atoms with Crippen LogP contribution in [-0.4, -0.2) is 5.25 Å². The number of thioether (sulfide) groups is 1. The molecule has 0 saturated carbocycles. The zero-order chi connectivity index (χ0) is 11.3. The average Bonchev–Trinajstić information content (AvgIpc) is 2.18. The van der Waals surface area contributed by atoms with Crippen molar-refractivity contribution in [1.29, 1.82) is 0 Å². The predicted octanol–water partition coefficient (Wildman–Crippen LogP) is 3.99. The SMILES string of the molecule is CCCC(C)Sc1cccc(C(C)N)c1. The van der Waals surface area contributed by atoms with Crippen molar-refractivity contribution in [2.24, 2.45) is 5.73 Å². The highest BCUT2D eigenvalue weighted by molar-refractivity contribution is 7.99. The Morgan fingerprint density at radius 3 is 2.67 bits per heavy atom. The highest BCUT2D eigenvalue weighted by atomic mass is 32.2. The van der Waals surface area contributed by atoms with Crippen LogP contribution >= 0.6 is 11.8 Å². The summed E-state index contributed by atoms with van der Waals surface area (Å²) < 4.78 is 0. The fraction of sp³-hybridized carbons (Fsp3) is 0.538. The lowest BCUT2D eigenvalue weighted by molar-refractivity contribution is 0.786. The van der Waals surface area contributed by atoms with Crippen LogP contribution in [0.3, 0.4) is 0 Å². The summed E-state index contributed by atoms with van der Waals surface area (Å²) >= 11 is 1.94. The van der Waals surface area contributed by atoms with Crippen LogP contribution in [0.25, 0.3) is 0 Å². The number of rotatable bonds is 5. The lowest BCUT2D eigenvalue weighted by atomic mass is 10.1. The monoisotopic (exact) mass is 223 g/mol. The van der Waals surface area contributed by atoms with Crippen LogP contribution < -0.4 is 5.73 Å². The molecule has 1 nitrogen and oxygen atoms in total. The van der Waals surface area contributed by atoms with Crippen LogP contribution in [0.2, 0.25) is 0 Å². The summed E-state index contributed by atoms with van der Waals surface area (Å²) in [7, 11) is 0. The van der Waals surface area contributed by atoms with Crippen LogP contribution in [0, 0.1) is 0 Å². The van der Waals surface area contributed by atoms with Gasteiger partial charge < -0.3 is 5.73 Å². The second-order valence-electron chi connectivity index (χ2n) is 4.08. The second-order valence-corrected chi connectivity index (χ2v) is 5.59. The van der Waals surface area contributed by atoms with Gasteiger partial charge in [0.25, 0.3) is 0 Å². The Kier molecular flexibility index (Phi) is 5.20. The molecule has 0 saturated heterocycles. The molecule has 0 aliphatic rings. The molecule has 0 aromatic heterocycles. The van der Waals surface area contributed by atoms with E-state index < -0.39 is 0 Å². The molecule has 0 aliphatic carbocycles. The molecular weight excluding hydrogens is 202 g/mol. The van der Waals surface area contributed by atoms with E-state index in [1.807, 2.05) is 18.7 Å². The van der Waals surface area contributed by atoms with E-state index in [4.69, 9.17) is 5.73 Å². The Balaban J connectivity index is 2.65. The smallest absolute Gasteiger partial charge is 0.0266 e. The van der Waals surface area contributed by atoms with Crippen LogP contribution in [0.5, 0.6) is 0 Å². The first-order chi connectivity index (χ1) is 7.13. The molecule has 0 heterocycles. The van der Waals surface area contributed by atoms with Gasteiger partial charge in [0.1, 0.15) is 0 Å². The zero-order valence-electron chi connectivity index (χ0n) is 9.86. The van der Waals surface area contributed by atoms with Crippen molar-refractivity contribution in [3.8, 4) is 0 Å². The Hall–Kier alpha value is -0.470. The minimum absolute atomic E-state index is 0.132. The van der Waals surface area contributed by atoms with Crippen LogP contribution in [-0.2, 0) is 0 Å². The summed E-state index contributed by atoms with van der Waals surface area (Å²) in [4.78, 5) is 1.34. The Bertz CT molecular complexity index is 296. The van der Waals surface area contributed by atoms with Crippen molar-refractivity contribution in [2.75, 3.05) is 0 Å². The maximum atomic E-state index is 5.86. The molecule has 0 amide bonds. The van der Waals surface area contributed by atoms with Crippen molar-refractivity contribution in [2.45, 2.75) is 49.8 Å². The molecular formula is C13H21NS. The second kappa shape index (κ2) is 6.19. The molecule has 1 aromatic carbocycles. The highest BCUT2D eigenvalue weighted by Crippen LogP contribution is 2.27. The zero-order valence-corrected chi connectivity index (χ0v) is 10.7. The van der Waals surface area contributed by atoms with Crippen molar-refractivity contribution in [1.82, 2.24) is 0 Å². The Morgan fingerprint density at radius 2 is 2.07 bits per heavy atom. The van der Waals surface area contributed by atoms with Crippen LogP contribution in [0.4, 0.5) is 0 Å². The van der Waals surface area contributed by atoms with Gasteiger partial charge in [0.15, 0.2) is 0 Å². The fourth-order valence-electron chi connectivity index (χ4n) is 1.57. The molecule has 2 unspecified atom stereocenters. The summed E-state index contributed by atoms with van der Waals surface area (Å²) in [5, 5.41) is 0.693. The Labute approximate surface area is 97.4 Å². The molecule has 1 rings (SSSR count). The molecule has 0 bridgehead atoms. The largest absolute Gasteiger partial charge is 0.324 e. The van der Waals surface area contributed by atoms with E-state index in [0.717, 1.165) is 0 Å². The quantitative estimate of drug-likeness (QED) is 0.764. The standard InChI is InChI=1S/C13H21NS/c1-4-6-10(2)15-13-8-5-7-12(9-13)11(3)14/h5,7-11H,4,6,14H2,1-3H3. The topological polar surface area (TPSA) is 26.0 Å². The number of nitrogens with two attached hydrogens (primary N) is 1. The number of hydrogen-bond donors (Lipinski definition) is 1. The van der Waals surface area contributed by atoms with Gasteiger partial charge in [-0.15, -0.1) is 11.8 Å². The van der Waals surface area contributed by atoms with E-state index in [2.05, 4.69) is 38.1 Å². The van der Waals surface area contributed by atoms with Crippen LogP contribution in [0.1, 0.15) is 45.2 Å². The van der Waals surface area contributed by atoms with Crippen molar-refractivity contribution in [3.05, 3.63) is 29.8 Å². The van der Waals surface area contributed by atoms with Gasteiger partial charge in [-0.3, -0.25) is 0 Å². The average molecular weight is 223 g/mol. The van der Waals surface area contributed by atoms with Crippen molar-refractivity contribution < 1.29 is 0 Å². The van der Waals surface area contributed by atoms with Gasteiger partial charge >= 0.3 is 0 Å². The third-order valence-electron chi connectivity index (χ3n) is 2.42. The van der Waals surface area contributed by atoms with E-state index in [1.54, 1.807) is 0 Å². The van der Waals surface area contributed by atoms with Crippen LogP contribution in [0.15, 0.2) is 29.2 Å². The van der Waals surface area contributed by atoms with Crippen molar-refractivity contribution in [3.63, 3.8) is 0 Å². The molecule has 0 radical (unpaired) electrons. The van der Waals surface area contributed by atoms with Gasteiger partial charge in [-0.1, -0.05) is 32.4 Å². The lowest BCUT2D eigenvalue weighted by Gasteiger charge is -2.12. The summed E-state index contributed by atoms with van der Waals surface area (Å²) in [6.45, 7) is 6.54. The summed E-state index contributed by atoms with van der Waals surface area (Å²) in [6, 6.07) is 8.70. The number of benzene rings is 1. The molecule has 0 aliphatic heterocycles. The third kappa shape index (κ3) is 4.27. The highest BCUT2D eigenvalue weighted by Gasteiger charge is 2.05. The predicted molar refractivity (Wildman–Crippen MR) is 69.3 cm³/mol. The van der Waals surface area contributed by atoms with E-state index in [9.17, 15) is 0 Å². The van der Waals surface area contributed by atoms with Gasteiger partial charge in [-0.2, -0.15) is 0 Å². The fourth-order valence-corrected chi connectivity index (χ4v) is 2.75. The third-order valence-corrected chi connectivity index (χ3v) is 3.58. The summed E-state index contributed by atoms with van der Waals surface area (Å²) in [6.07, 6.45) is 2.52. The molecule has 0 fully saturated rings. The van der Waals surface area contributed by atoms with Gasteiger partial charge in [0.05, 0.1) is 0 Å². The first-order valence-corrected chi connectivity index (χ1v) is 6.53. The first-order valence-electron chi connectivity index (χ1n) is 5.65. The minimum atomic E-state index is 0.132. The van der Waals surface area contributed by atoms with Gasteiger partial charge in [-0.25, -0.2) is 0 Å². The minimum Gasteiger partial charge on any atom is -0.324 e. The molecule has 84 valence electrons. The maximum absolute atomic E-state index is 5.86. The van der Waals surface area contributed by atoms with E-state index in [0.29, 0.717) is 5.25 Å². The van der Waals surface area contributed by atoms with Gasteiger partial charge in [-0.05, 0) is 31.0 Å². The molecule has 2 atom stereocenters. The van der Waals surface area contributed by atoms with E-state index in [1.165, 1.54) is 23.3 Å². The number of hydrogen-bond acceptors (Lipinski definition) is 2. The first kappa shape index (κ1) is 12.6. The molecule has 2 heteroatoms. The lowest BCUT2D eigenvalue weighted by Crippen LogP contribution is -2.04. The Morgan fingerprint density at radius 1 is 1.33 bits per heavy atom. The van der Waals surface area contributed by atoms with E-state index in [-0.39, 0.29) is 6.04 Å². The molecule has 0 spiro atoms. The van der Waals surface area contributed by atoms with Gasteiger partial charge in [0.2, 0.25) is 0 Å². The maximum Gasteiger partial charge on any atom is 0.0266 e. The van der Waals surface area contributed by atoms with Gasteiger partial charge in [0, 0.05) is 16.2 Å².